The molecule has 10 nitrogen and oxygen atoms in total. The molecule has 2 atom stereocenters. The van der Waals surface area contributed by atoms with Crippen molar-refractivity contribution in [2.45, 2.75) is 24.9 Å². The van der Waals surface area contributed by atoms with Gasteiger partial charge in [0, 0.05) is 30.7 Å². The quantitative estimate of drug-likeness (QED) is 0.396. The monoisotopic (exact) mass is 464 g/mol. The highest BCUT2D eigenvalue weighted by molar-refractivity contribution is 6.05. The van der Waals surface area contributed by atoms with Crippen molar-refractivity contribution in [2.24, 2.45) is 11.5 Å². The summed E-state index contributed by atoms with van der Waals surface area (Å²) >= 11 is 0. The Morgan fingerprint density at radius 1 is 1.06 bits per heavy atom. The SMILES string of the molecule is NC(=O)n1cc(NC(=O)N2C[C@@H](N)C[C@H]2C(=O)NCCCOc2ccccc2)c2ccccc21. The van der Waals surface area contributed by atoms with E-state index in [-0.39, 0.29) is 18.5 Å². The number of nitrogens with one attached hydrogen (secondary N) is 2. The lowest BCUT2D eigenvalue weighted by molar-refractivity contribution is -0.124. The first-order valence-corrected chi connectivity index (χ1v) is 11.1. The molecular formula is C24H28N6O4. The van der Waals surface area contributed by atoms with E-state index >= 15 is 0 Å². The third-order valence-corrected chi connectivity index (χ3v) is 5.72. The minimum atomic E-state index is -0.686. The number of anilines is 1. The molecule has 0 bridgehead atoms. The van der Waals surface area contributed by atoms with Gasteiger partial charge in [-0.05, 0) is 31.0 Å². The van der Waals surface area contributed by atoms with E-state index in [1.165, 1.54) is 15.7 Å². The van der Waals surface area contributed by atoms with Crippen LogP contribution in [0.4, 0.5) is 15.3 Å². The number of fused-ring (bicyclic) bond motifs is 1. The number of ether oxygens (including phenoxy) is 1. The molecular weight excluding hydrogens is 436 g/mol. The molecule has 3 aromatic rings. The lowest BCUT2D eigenvalue weighted by Crippen LogP contribution is -2.47. The van der Waals surface area contributed by atoms with Crippen LogP contribution >= 0.6 is 0 Å². The number of hydrogen-bond acceptors (Lipinski definition) is 5. The van der Waals surface area contributed by atoms with E-state index in [1.807, 2.05) is 30.3 Å². The number of benzene rings is 2. The predicted molar refractivity (Wildman–Crippen MR) is 129 cm³/mol. The van der Waals surface area contributed by atoms with Gasteiger partial charge in [0.25, 0.3) is 0 Å². The second kappa shape index (κ2) is 10.3. The van der Waals surface area contributed by atoms with Crippen LogP contribution in [-0.2, 0) is 4.79 Å². The zero-order chi connectivity index (χ0) is 24.1. The molecule has 0 spiro atoms. The minimum Gasteiger partial charge on any atom is -0.494 e. The van der Waals surface area contributed by atoms with E-state index in [0.29, 0.717) is 42.6 Å². The Labute approximate surface area is 196 Å². The molecule has 2 heterocycles. The number of amides is 4. The van der Waals surface area contributed by atoms with Crippen molar-refractivity contribution >= 4 is 34.6 Å². The maximum Gasteiger partial charge on any atom is 0.323 e. The summed E-state index contributed by atoms with van der Waals surface area (Å²) in [4.78, 5) is 39.1. The van der Waals surface area contributed by atoms with Crippen molar-refractivity contribution in [3.63, 3.8) is 0 Å². The van der Waals surface area contributed by atoms with Crippen molar-refractivity contribution in [2.75, 3.05) is 25.0 Å². The summed E-state index contributed by atoms with van der Waals surface area (Å²) < 4.78 is 6.90. The summed E-state index contributed by atoms with van der Waals surface area (Å²) in [5.41, 5.74) is 12.5. The molecule has 0 unspecified atom stereocenters. The number of para-hydroxylation sites is 2. The second-order valence-electron chi connectivity index (χ2n) is 8.17. The molecule has 34 heavy (non-hydrogen) atoms. The topological polar surface area (TPSA) is 145 Å². The van der Waals surface area contributed by atoms with Gasteiger partial charge in [-0.25, -0.2) is 9.59 Å². The standard InChI is InChI=1S/C24H28N6O4/c25-16-13-21(22(31)27-11-6-12-34-17-7-2-1-3-8-17)30(14-16)24(33)28-19-15-29(23(26)32)20-10-5-4-9-18(19)20/h1-5,7-10,15-16,21H,6,11-14,25H2,(H2,26,32)(H,27,31)(H,28,33)/t16-,21-/m0/s1. The second-order valence-corrected chi connectivity index (χ2v) is 8.17. The number of likely N-dealkylation sites (tertiary alicyclic amines) is 1. The zero-order valence-electron chi connectivity index (χ0n) is 18.6. The van der Waals surface area contributed by atoms with Crippen molar-refractivity contribution in [3.8, 4) is 5.75 Å². The van der Waals surface area contributed by atoms with Crippen LogP contribution in [0.5, 0.6) is 5.75 Å². The first kappa shape index (κ1) is 23.1. The summed E-state index contributed by atoms with van der Waals surface area (Å²) in [6.45, 7) is 1.12. The Hall–Kier alpha value is -4.05. The summed E-state index contributed by atoms with van der Waals surface area (Å²) in [6, 6.07) is 14.4. The number of carbonyl (C=O) groups excluding carboxylic acids is 3. The number of urea groups is 1. The number of nitrogens with two attached hydrogens (primary N) is 2. The average molecular weight is 465 g/mol. The van der Waals surface area contributed by atoms with Gasteiger partial charge in [-0.15, -0.1) is 0 Å². The molecule has 0 saturated carbocycles. The Balaban J connectivity index is 1.35. The van der Waals surface area contributed by atoms with Gasteiger partial charge >= 0.3 is 12.1 Å². The molecule has 4 amide bonds. The Morgan fingerprint density at radius 3 is 2.56 bits per heavy atom. The fraction of sp³-hybridized carbons (Fsp3) is 0.292. The number of carbonyl (C=O) groups is 3. The van der Waals surface area contributed by atoms with Crippen molar-refractivity contribution in [1.82, 2.24) is 14.8 Å². The Bertz CT molecular complexity index is 1180. The zero-order valence-corrected chi connectivity index (χ0v) is 18.6. The van der Waals surface area contributed by atoms with Gasteiger partial charge in [0.2, 0.25) is 5.91 Å². The predicted octanol–water partition coefficient (Wildman–Crippen LogP) is 2.09. The van der Waals surface area contributed by atoms with E-state index in [2.05, 4.69) is 10.6 Å². The third-order valence-electron chi connectivity index (χ3n) is 5.72. The van der Waals surface area contributed by atoms with Gasteiger partial charge in [-0.2, -0.15) is 0 Å². The summed E-state index contributed by atoms with van der Waals surface area (Å²) in [5, 5.41) is 6.34. The number of aromatic nitrogens is 1. The first-order chi connectivity index (χ1) is 16.4. The van der Waals surface area contributed by atoms with E-state index in [0.717, 1.165) is 5.75 Å². The summed E-state index contributed by atoms with van der Waals surface area (Å²) in [5.74, 6) is 0.513. The highest BCUT2D eigenvalue weighted by Crippen LogP contribution is 2.27. The maximum atomic E-state index is 13.1. The molecule has 4 rings (SSSR count). The number of hydrogen-bond donors (Lipinski definition) is 4. The van der Waals surface area contributed by atoms with Crippen LogP contribution in [0.2, 0.25) is 0 Å². The van der Waals surface area contributed by atoms with E-state index in [4.69, 9.17) is 16.2 Å². The summed E-state index contributed by atoms with van der Waals surface area (Å²) in [6.07, 6.45) is 2.46. The van der Waals surface area contributed by atoms with Crippen LogP contribution in [-0.4, -0.2) is 59.2 Å². The normalized spacial score (nSPS) is 17.5. The maximum absolute atomic E-state index is 13.1. The molecule has 1 aromatic heterocycles. The van der Waals surface area contributed by atoms with Crippen LogP contribution in [0, 0.1) is 0 Å². The number of primary amides is 1. The van der Waals surface area contributed by atoms with Crippen molar-refractivity contribution < 1.29 is 19.1 Å². The van der Waals surface area contributed by atoms with Crippen LogP contribution in [0.15, 0.2) is 60.8 Å². The molecule has 10 heteroatoms. The van der Waals surface area contributed by atoms with E-state index in [9.17, 15) is 14.4 Å². The minimum absolute atomic E-state index is 0.246. The van der Waals surface area contributed by atoms with E-state index in [1.54, 1.807) is 24.3 Å². The molecule has 1 aliphatic rings. The van der Waals surface area contributed by atoms with Gasteiger partial charge in [-0.3, -0.25) is 9.36 Å². The van der Waals surface area contributed by atoms with Crippen LogP contribution in [0.25, 0.3) is 10.9 Å². The van der Waals surface area contributed by atoms with Crippen LogP contribution in [0.3, 0.4) is 0 Å². The molecule has 178 valence electrons. The lowest BCUT2D eigenvalue weighted by atomic mass is 10.1. The van der Waals surface area contributed by atoms with Crippen molar-refractivity contribution in [1.29, 1.82) is 0 Å². The Kier molecular flexibility index (Phi) is 6.98. The lowest BCUT2D eigenvalue weighted by Gasteiger charge is -2.24. The number of rotatable bonds is 7. The molecule has 1 saturated heterocycles. The average Bonchev–Trinajstić information content (AvgIpc) is 3.40. The van der Waals surface area contributed by atoms with Crippen LogP contribution < -0.4 is 26.8 Å². The Morgan fingerprint density at radius 2 is 1.79 bits per heavy atom. The first-order valence-electron chi connectivity index (χ1n) is 11.1. The molecule has 0 radical (unpaired) electrons. The van der Waals surface area contributed by atoms with E-state index < -0.39 is 18.1 Å². The van der Waals surface area contributed by atoms with Gasteiger partial charge < -0.3 is 31.7 Å². The molecule has 0 aliphatic carbocycles. The smallest absolute Gasteiger partial charge is 0.323 e. The molecule has 2 aromatic carbocycles. The molecule has 1 aliphatic heterocycles. The fourth-order valence-corrected chi connectivity index (χ4v) is 4.10. The van der Waals surface area contributed by atoms with Gasteiger partial charge in [0.1, 0.15) is 11.8 Å². The largest absolute Gasteiger partial charge is 0.494 e. The van der Waals surface area contributed by atoms with Gasteiger partial charge in [0.15, 0.2) is 0 Å². The van der Waals surface area contributed by atoms with Crippen LogP contribution in [0.1, 0.15) is 12.8 Å². The van der Waals surface area contributed by atoms with Gasteiger partial charge in [-0.1, -0.05) is 36.4 Å². The highest BCUT2D eigenvalue weighted by atomic mass is 16.5. The highest BCUT2D eigenvalue weighted by Gasteiger charge is 2.38. The van der Waals surface area contributed by atoms with Gasteiger partial charge in [0.05, 0.1) is 17.8 Å². The fourth-order valence-electron chi connectivity index (χ4n) is 4.10. The molecule has 1 fully saturated rings. The summed E-state index contributed by atoms with van der Waals surface area (Å²) in [7, 11) is 0. The molecule has 6 N–H and O–H groups in total. The van der Waals surface area contributed by atoms with Crippen molar-refractivity contribution in [3.05, 3.63) is 60.8 Å². The third kappa shape index (κ3) is 5.12. The number of nitrogens with zero attached hydrogens (tertiary/aromatic N) is 2.